The zero-order valence-corrected chi connectivity index (χ0v) is 18.7. The second-order valence-electron chi connectivity index (χ2n) is 8.76. The van der Waals surface area contributed by atoms with Crippen LogP contribution in [0.5, 0.6) is 0 Å². The molecule has 168 valence electrons. The summed E-state index contributed by atoms with van der Waals surface area (Å²) in [6.07, 6.45) is 1.15. The van der Waals surface area contributed by atoms with E-state index in [2.05, 4.69) is 23.1 Å². The van der Waals surface area contributed by atoms with Crippen LogP contribution in [0.3, 0.4) is 0 Å². The molecule has 0 bridgehead atoms. The Kier molecular flexibility index (Phi) is 5.97. The number of hydrogen-bond acceptors (Lipinski definition) is 4. The van der Waals surface area contributed by atoms with Crippen molar-refractivity contribution in [2.45, 2.75) is 25.0 Å². The van der Waals surface area contributed by atoms with E-state index >= 15 is 0 Å². The average Bonchev–Trinajstić information content (AvgIpc) is 3.01. The summed E-state index contributed by atoms with van der Waals surface area (Å²) >= 11 is 0. The maximum atomic E-state index is 13.9. The van der Waals surface area contributed by atoms with Crippen molar-refractivity contribution in [2.75, 3.05) is 26.2 Å². The molecule has 1 unspecified atom stereocenters. The van der Waals surface area contributed by atoms with E-state index in [9.17, 15) is 9.59 Å². The number of ketones is 1. The van der Waals surface area contributed by atoms with Gasteiger partial charge in [-0.2, -0.15) is 0 Å². The first-order valence-electron chi connectivity index (χ1n) is 11.6. The Bertz CT molecular complexity index is 1130. The van der Waals surface area contributed by atoms with E-state index in [4.69, 9.17) is 4.74 Å². The fourth-order valence-corrected chi connectivity index (χ4v) is 5.15. The van der Waals surface area contributed by atoms with Gasteiger partial charge in [0.25, 0.3) is 0 Å². The first-order valence-corrected chi connectivity index (χ1v) is 11.6. The second-order valence-corrected chi connectivity index (χ2v) is 8.76. The maximum Gasteiger partial charge on any atom is 0.410 e. The molecule has 3 aromatic rings. The average molecular weight is 441 g/mol. The van der Waals surface area contributed by atoms with Crippen molar-refractivity contribution in [2.24, 2.45) is 0 Å². The quantitative estimate of drug-likeness (QED) is 0.592. The molecule has 0 spiro atoms. The highest BCUT2D eigenvalue weighted by Crippen LogP contribution is 2.42. The summed E-state index contributed by atoms with van der Waals surface area (Å²) < 4.78 is 5.57. The number of nitrogens with zero attached hydrogens (tertiary/aromatic N) is 2. The van der Waals surface area contributed by atoms with Gasteiger partial charge in [-0.25, -0.2) is 4.79 Å². The lowest BCUT2D eigenvalue weighted by Gasteiger charge is -2.40. The number of amides is 1. The first kappa shape index (κ1) is 21.4. The monoisotopic (exact) mass is 440 g/mol. The number of fused-ring (bicyclic) bond motifs is 1. The molecule has 0 saturated carbocycles. The molecule has 2 aliphatic rings. The van der Waals surface area contributed by atoms with Crippen LogP contribution in [0, 0.1) is 0 Å². The van der Waals surface area contributed by atoms with Crippen molar-refractivity contribution in [1.29, 1.82) is 0 Å². The van der Waals surface area contributed by atoms with Gasteiger partial charge in [-0.1, -0.05) is 84.9 Å². The fraction of sp³-hybridized carbons (Fsp3) is 0.286. The van der Waals surface area contributed by atoms with Gasteiger partial charge in [0.1, 0.15) is 12.1 Å². The highest BCUT2D eigenvalue weighted by molar-refractivity contribution is 6.08. The Morgan fingerprint density at radius 3 is 2.27 bits per heavy atom. The van der Waals surface area contributed by atoms with E-state index in [1.165, 1.54) is 0 Å². The Balaban J connectivity index is 1.35. The topological polar surface area (TPSA) is 49.9 Å². The Labute approximate surface area is 194 Å². The summed E-state index contributed by atoms with van der Waals surface area (Å²) in [5.41, 5.74) is 3.17. The van der Waals surface area contributed by atoms with Crippen LogP contribution in [-0.4, -0.2) is 47.9 Å². The van der Waals surface area contributed by atoms with Gasteiger partial charge < -0.3 is 9.64 Å². The van der Waals surface area contributed by atoms with Gasteiger partial charge >= 0.3 is 6.09 Å². The first-order chi connectivity index (χ1) is 16.2. The van der Waals surface area contributed by atoms with Crippen molar-refractivity contribution in [3.63, 3.8) is 0 Å². The minimum atomic E-state index is -0.727. The fourth-order valence-electron chi connectivity index (χ4n) is 5.15. The number of Topliss-reactive ketones (excluding diaryl/α,β-unsaturated/α-hetero) is 1. The Morgan fingerprint density at radius 2 is 1.52 bits per heavy atom. The summed E-state index contributed by atoms with van der Waals surface area (Å²) in [5, 5.41) is 0. The molecule has 1 fully saturated rings. The smallest absolute Gasteiger partial charge is 0.410 e. The molecule has 5 heteroatoms. The van der Waals surface area contributed by atoms with E-state index in [1.807, 2.05) is 66.7 Å². The van der Waals surface area contributed by atoms with Gasteiger partial charge in [-0.3, -0.25) is 9.69 Å². The number of rotatable bonds is 4. The van der Waals surface area contributed by atoms with Crippen molar-refractivity contribution in [3.05, 3.63) is 107 Å². The van der Waals surface area contributed by atoms with Gasteiger partial charge in [-0.15, -0.1) is 0 Å². The van der Waals surface area contributed by atoms with Gasteiger partial charge in [0.05, 0.1) is 0 Å². The molecule has 1 heterocycles. The molecular formula is C28H28N2O3. The zero-order chi connectivity index (χ0) is 22.7. The highest BCUT2D eigenvalue weighted by Gasteiger charge is 2.51. The molecule has 1 atom stereocenters. The molecule has 1 aliphatic carbocycles. The Hall–Kier alpha value is -3.44. The van der Waals surface area contributed by atoms with Crippen LogP contribution >= 0.6 is 0 Å². The van der Waals surface area contributed by atoms with E-state index in [0.29, 0.717) is 26.1 Å². The molecular weight excluding hydrogens is 412 g/mol. The molecule has 3 aromatic carbocycles. The van der Waals surface area contributed by atoms with Gasteiger partial charge in [-0.05, 0) is 23.1 Å². The molecule has 5 rings (SSSR count). The zero-order valence-electron chi connectivity index (χ0n) is 18.7. The van der Waals surface area contributed by atoms with E-state index in [-0.39, 0.29) is 18.5 Å². The molecule has 1 saturated heterocycles. The number of carbonyl (C=O) groups excluding carboxylic acids is 2. The van der Waals surface area contributed by atoms with Crippen LogP contribution in [0.15, 0.2) is 84.9 Å². The van der Waals surface area contributed by atoms with E-state index < -0.39 is 5.54 Å². The van der Waals surface area contributed by atoms with Crippen LogP contribution in [0.1, 0.15) is 33.5 Å². The number of hydrogen-bond donors (Lipinski definition) is 0. The lowest BCUT2D eigenvalue weighted by atomic mass is 9.83. The van der Waals surface area contributed by atoms with Gasteiger partial charge in [0.2, 0.25) is 0 Å². The minimum absolute atomic E-state index is 0.157. The summed E-state index contributed by atoms with van der Waals surface area (Å²) in [6.45, 7) is 2.79. The number of benzene rings is 3. The van der Waals surface area contributed by atoms with Crippen molar-refractivity contribution in [3.8, 4) is 0 Å². The van der Waals surface area contributed by atoms with Gasteiger partial charge in [0, 0.05) is 38.2 Å². The third-order valence-corrected chi connectivity index (χ3v) is 6.83. The molecule has 33 heavy (non-hydrogen) atoms. The van der Waals surface area contributed by atoms with Crippen LogP contribution < -0.4 is 0 Å². The lowest BCUT2D eigenvalue weighted by molar-refractivity contribution is 0.0567. The SMILES string of the molecule is O=C(OCc1ccccc1)N1CCCN(C2(c3ccccc3)Cc3ccccc3C2=O)CC1. The Morgan fingerprint density at radius 1 is 0.818 bits per heavy atom. The number of carbonyl (C=O) groups is 2. The summed E-state index contributed by atoms with van der Waals surface area (Å²) in [4.78, 5) is 30.7. The molecule has 0 N–H and O–H groups in total. The number of ether oxygens (including phenoxy) is 1. The van der Waals surface area contributed by atoms with Crippen LogP contribution in [0.2, 0.25) is 0 Å². The van der Waals surface area contributed by atoms with Gasteiger partial charge in [0.15, 0.2) is 5.78 Å². The molecule has 0 aromatic heterocycles. The van der Waals surface area contributed by atoms with Crippen molar-refractivity contribution in [1.82, 2.24) is 9.80 Å². The molecule has 0 radical (unpaired) electrons. The predicted molar refractivity (Wildman–Crippen MR) is 127 cm³/mol. The second kappa shape index (κ2) is 9.20. The van der Waals surface area contributed by atoms with Crippen LogP contribution in [-0.2, 0) is 23.3 Å². The largest absolute Gasteiger partial charge is 0.445 e. The van der Waals surface area contributed by atoms with E-state index in [1.54, 1.807) is 4.90 Å². The lowest BCUT2D eigenvalue weighted by Crippen LogP contribution is -2.52. The summed E-state index contributed by atoms with van der Waals surface area (Å²) in [6, 6.07) is 27.7. The van der Waals surface area contributed by atoms with Crippen LogP contribution in [0.4, 0.5) is 4.79 Å². The highest BCUT2D eigenvalue weighted by atomic mass is 16.6. The van der Waals surface area contributed by atoms with Crippen molar-refractivity contribution >= 4 is 11.9 Å². The third-order valence-electron chi connectivity index (χ3n) is 6.83. The maximum absolute atomic E-state index is 13.9. The molecule has 5 nitrogen and oxygen atoms in total. The molecule has 1 aliphatic heterocycles. The van der Waals surface area contributed by atoms with Crippen LogP contribution in [0.25, 0.3) is 0 Å². The standard InChI is InChI=1S/C28H28N2O3/c31-26-25-15-8-7-12-23(25)20-28(26,24-13-5-2-6-14-24)30-17-9-16-29(18-19-30)27(32)33-21-22-10-3-1-4-11-22/h1-8,10-15H,9,16-21H2. The van der Waals surface area contributed by atoms with E-state index in [0.717, 1.165) is 35.2 Å². The minimum Gasteiger partial charge on any atom is -0.445 e. The molecule has 1 amide bonds. The van der Waals surface area contributed by atoms with Crippen molar-refractivity contribution < 1.29 is 14.3 Å². The summed E-state index contributed by atoms with van der Waals surface area (Å²) in [7, 11) is 0. The third kappa shape index (κ3) is 4.05. The normalized spacial score (nSPS) is 20.8. The predicted octanol–water partition coefficient (Wildman–Crippen LogP) is 4.67. The summed E-state index contributed by atoms with van der Waals surface area (Å²) in [5.74, 6) is 0.157.